The number of hydrogen-bond acceptors (Lipinski definition) is 4. The molecule has 2 heterocycles. The van der Waals surface area contributed by atoms with E-state index in [4.69, 9.17) is 14.6 Å². The highest BCUT2D eigenvalue weighted by atomic mass is 19.4. The maximum Gasteiger partial charge on any atom is 0.490 e. The summed E-state index contributed by atoms with van der Waals surface area (Å²) in [5, 5.41) is 7.12. The summed E-state index contributed by atoms with van der Waals surface area (Å²) in [6.07, 6.45) is -2.85. The Labute approximate surface area is 178 Å². The Morgan fingerprint density at radius 1 is 1.19 bits per heavy atom. The Morgan fingerprint density at radius 3 is 2.16 bits per heavy atom. The number of likely N-dealkylation sites (tertiary alicyclic amines) is 2. The van der Waals surface area contributed by atoms with Gasteiger partial charge in [0.05, 0.1) is 7.11 Å². The standard InChI is InChI=1S/C19H27FN2O2.C2HF3O2/c1-14(2)18(23)22-12-19(13-22)6-8-21(9-7-19)11-15-4-5-17(24-3)16(20)10-15;3-2(4,5)1(6)7/h4-5,10,14H,6-9,11-13H2,1-3H3;(H,6,7). The highest BCUT2D eigenvalue weighted by Crippen LogP contribution is 2.41. The summed E-state index contributed by atoms with van der Waals surface area (Å²) in [5.41, 5.74) is 1.31. The molecule has 31 heavy (non-hydrogen) atoms. The minimum absolute atomic E-state index is 0.0902. The Morgan fingerprint density at radius 2 is 1.74 bits per heavy atom. The number of halogens is 4. The quantitative estimate of drug-likeness (QED) is 0.714. The summed E-state index contributed by atoms with van der Waals surface area (Å²) in [5.74, 6) is -2.40. The molecule has 0 aliphatic carbocycles. The van der Waals surface area contributed by atoms with Gasteiger partial charge in [0.1, 0.15) is 0 Å². The van der Waals surface area contributed by atoms with Crippen LogP contribution in [0.2, 0.25) is 0 Å². The van der Waals surface area contributed by atoms with Crippen LogP contribution in [0.25, 0.3) is 0 Å². The SMILES string of the molecule is COc1ccc(CN2CCC3(CC2)CN(C(=O)C(C)C)C3)cc1F.O=C(O)C(F)(F)F. The lowest BCUT2D eigenvalue weighted by Crippen LogP contribution is -2.62. The van der Waals surface area contributed by atoms with Crippen LogP contribution in [-0.4, -0.2) is 66.2 Å². The number of aliphatic carboxylic acids is 1. The number of carbonyl (C=O) groups is 2. The zero-order chi connectivity index (χ0) is 23.4. The largest absolute Gasteiger partial charge is 0.494 e. The molecule has 2 fully saturated rings. The number of nitrogens with zero attached hydrogens (tertiary/aromatic N) is 2. The molecular formula is C21H28F4N2O4. The molecule has 0 radical (unpaired) electrons. The van der Waals surface area contributed by atoms with Crippen molar-refractivity contribution < 1.29 is 37.0 Å². The first-order chi connectivity index (χ1) is 14.4. The molecule has 0 bridgehead atoms. The van der Waals surface area contributed by atoms with Crippen molar-refractivity contribution in [2.24, 2.45) is 11.3 Å². The Hall–Kier alpha value is -2.36. The second kappa shape index (κ2) is 9.84. The smallest absolute Gasteiger partial charge is 0.490 e. The second-order valence-electron chi connectivity index (χ2n) is 8.40. The third-order valence-electron chi connectivity index (χ3n) is 5.64. The van der Waals surface area contributed by atoms with E-state index in [1.165, 1.54) is 7.11 Å². The molecule has 0 saturated carbocycles. The minimum atomic E-state index is -5.08. The number of piperidine rings is 1. The van der Waals surface area contributed by atoms with Crippen molar-refractivity contribution in [1.29, 1.82) is 0 Å². The molecule has 2 aliphatic rings. The first-order valence-corrected chi connectivity index (χ1v) is 10.0. The van der Waals surface area contributed by atoms with E-state index in [2.05, 4.69) is 4.90 Å². The fraction of sp³-hybridized carbons (Fsp3) is 0.619. The van der Waals surface area contributed by atoms with E-state index in [-0.39, 0.29) is 17.6 Å². The van der Waals surface area contributed by atoms with E-state index < -0.39 is 12.1 Å². The third-order valence-corrected chi connectivity index (χ3v) is 5.64. The monoisotopic (exact) mass is 448 g/mol. The summed E-state index contributed by atoms with van der Waals surface area (Å²) >= 11 is 0. The Balaban J connectivity index is 0.000000423. The van der Waals surface area contributed by atoms with Crippen molar-refractivity contribution in [3.63, 3.8) is 0 Å². The molecule has 1 spiro atoms. The summed E-state index contributed by atoms with van der Waals surface area (Å²) < 4.78 is 50.5. The zero-order valence-electron chi connectivity index (χ0n) is 17.8. The number of amides is 1. The molecule has 1 aromatic rings. The van der Waals surface area contributed by atoms with Crippen molar-refractivity contribution in [2.75, 3.05) is 33.3 Å². The molecule has 0 unspecified atom stereocenters. The fourth-order valence-electron chi connectivity index (χ4n) is 3.85. The average molecular weight is 448 g/mol. The van der Waals surface area contributed by atoms with Crippen molar-refractivity contribution in [3.05, 3.63) is 29.6 Å². The van der Waals surface area contributed by atoms with Gasteiger partial charge in [-0.3, -0.25) is 9.69 Å². The molecule has 6 nitrogen and oxygen atoms in total. The van der Waals surface area contributed by atoms with Crippen LogP contribution in [0, 0.1) is 17.2 Å². The van der Waals surface area contributed by atoms with Crippen molar-refractivity contribution >= 4 is 11.9 Å². The van der Waals surface area contributed by atoms with Crippen LogP contribution in [0.5, 0.6) is 5.75 Å². The number of benzene rings is 1. The van der Waals surface area contributed by atoms with Gasteiger partial charge in [-0.05, 0) is 43.6 Å². The first kappa shape index (κ1) is 24.9. The summed E-state index contributed by atoms with van der Waals surface area (Å²) in [6, 6.07) is 5.19. The lowest BCUT2D eigenvalue weighted by molar-refractivity contribution is -0.192. The maximum atomic E-state index is 13.8. The lowest BCUT2D eigenvalue weighted by atomic mass is 9.71. The van der Waals surface area contributed by atoms with Gasteiger partial charge in [0.15, 0.2) is 11.6 Å². The Bertz CT molecular complexity index is 782. The molecule has 174 valence electrons. The molecule has 0 atom stereocenters. The van der Waals surface area contributed by atoms with Crippen LogP contribution >= 0.6 is 0 Å². The predicted octanol–water partition coefficient (Wildman–Crippen LogP) is 3.55. The number of rotatable bonds is 4. The molecule has 0 aromatic heterocycles. The molecule has 2 aliphatic heterocycles. The van der Waals surface area contributed by atoms with E-state index in [0.29, 0.717) is 11.2 Å². The maximum absolute atomic E-state index is 13.8. The van der Waals surface area contributed by atoms with Crippen LogP contribution in [0.3, 0.4) is 0 Å². The zero-order valence-corrected chi connectivity index (χ0v) is 17.8. The van der Waals surface area contributed by atoms with E-state index >= 15 is 0 Å². The van der Waals surface area contributed by atoms with Gasteiger partial charge >= 0.3 is 12.1 Å². The van der Waals surface area contributed by atoms with Gasteiger partial charge in [0.2, 0.25) is 5.91 Å². The van der Waals surface area contributed by atoms with E-state index in [1.54, 1.807) is 12.1 Å². The topological polar surface area (TPSA) is 70.1 Å². The molecule has 1 aromatic carbocycles. The van der Waals surface area contributed by atoms with Gasteiger partial charge in [-0.1, -0.05) is 19.9 Å². The van der Waals surface area contributed by atoms with Crippen LogP contribution in [0.4, 0.5) is 17.6 Å². The number of carboxylic acid groups (broad SMARTS) is 1. The molecule has 10 heteroatoms. The van der Waals surface area contributed by atoms with Gasteiger partial charge in [0.25, 0.3) is 0 Å². The van der Waals surface area contributed by atoms with Gasteiger partial charge in [-0.2, -0.15) is 13.2 Å². The average Bonchev–Trinajstić information content (AvgIpc) is 2.66. The molecule has 1 amide bonds. The summed E-state index contributed by atoms with van der Waals surface area (Å²) in [6.45, 7) is 8.54. The van der Waals surface area contributed by atoms with E-state index in [1.807, 2.05) is 24.8 Å². The Kier molecular flexibility index (Phi) is 7.91. The first-order valence-electron chi connectivity index (χ1n) is 10.0. The van der Waals surface area contributed by atoms with E-state index in [0.717, 1.165) is 51.1 Å². The molecule has 2 saturated heterocycles. The van der Waals surface area contributed by atoms with Gasteiger partial charge in [-0.25, -0.2) is 9.18 Å². The van der Waals surface area contributed by atoms with Crippen LogP contribution in [0.15, 0.2) is 18.2 Å². The van der Waals surface area contributed by atoms with Crippen LogP contribution < -0.4 is 4.74 Å². The highest BCUT2D eigenvalue weighted by Gasteiger charge is 2.46. The number of carbonyl (C=O) groups excluding carboxylic acids is 1. The number of hydrogen-bond donors (Lipinski definition) is 1. The highest BCUT2D eigenvalue weighted by molar-refractivity contribution is 5.79. The normalized spacial score (nSPS) is 18.3. The fourth-order valence-corrected chi connectivity index (χ4v) is 3.85. The van der Waals surface area contributed by atoms with Gasteiger partial charge < -0.3 is 14.7 Å². The minimum Gasteiger partial charge on any atom is -0.494 e. The van der Waals surface area contributed by atoms with Crippen molar-refractivity contribution in [2.45, 2.75) is 39.4 Å². The van der Waals surface area contributed by atoms with Crippen molar-refractivity contribution in [3.8, 4) is 5.75 Å². The number of methoxy groups -OCH3 is 1. The van der Waals surface area contributed by atoms with Crippen LogP contribution in [0.1, 0.15) is 32.3 Å². The number of carboxylic acids is 1. The van der Waals surface area contributed by atoms with Crippen LogP contribution in [-0.2, 0) is 16.1 Å². The molecular weight excluding hydrogens is 420 g/mol. The predicted molar refractivity (Wildman–Crippen MR) is 105 cm³/mol. The van der Waals surface area contributed by atoms with Crippen molar-refractivity contribution in [1.82, 2.24) is 9.80 Å². The van der Waals surface area contributed by atoms with E-state index in [9.17, 15) is 22.4 Å². The van der Waals surface area contributed by atoms with Gasteiger partial charge in [-0.15, -0.1) is 0 Å². The number of ether oxygens (including phenoxy) is 1. The second-order valence-corrected chi connectivity index (χ2v) is 8.40. The lowest BCUT2D eigenvalue weighted by Gasteiger charge is -2.54. The molecule has 3 rings (SSSR count). The van der Waals surface area contributed by atoms with Gasteiger partial charge in [0, 0.05) is 31.0 Å². The summed E-state index contributed by atoms with van der Waals surface area (Å²) in [7, 11) is 1.48. The summed E-state index contributed by atoms with van der Waals surface area (Å²) in [4.78, 5) is 25.3. The number of alkyl halides is 3. The molecule has 1 N–H and O–H groups in total. The third kappa shape index (κ3) is 6.56.